The van der Waals surface area contributed by atoms with Crippen LogP contribution in [0.5, 0.6) is 0 Å². The molecule has 3 aromatic rings. The molecule has 0 aliphatic carbocycles. The van der Waals surface area contributed by atoms with Gasteiger partial charge < -0.3 is 14.5 Å². The fraction of sp³-hybridized carbons (Fsp3) is 0.400. The third kappa shape index (κ3) is 3.31. The predicted molar refractivity (Wildman–Crippen MR) is 101 cm³/mol. The van der Waals surface area contributed by atoms with Gasteiger partial charge in [-0.2, -0.15) is 0 Å². The number of hydrogen-bond acceptors (Lipinski definition) is 2. The molecule has 2 aromatic heterocycles. The Morgan fingerprint density at radius 2 is 2.04 bits per heavy atom. The number of rotatable bonds is 5. The number of aromatic amines is 1. The van der Waals surface area contributed by atoms with E-state index >= 15 is 0 Å². The number of imidazole rings is 1. The van der Waals surface area contributed by atoms with E-state index in [1.165, 1.54) is 11.1 Å². The van der Waals surface area contributed by atoms with E-state index in [0.717, 1.165) is 35.1 Å². The van der Waals surface area contributed by atoms with Gasteiger partial charge in [-0.15, -0.1) is 0 Å². The molecule has 0 radical (unpaired) electrons. The Labute approximate surface area is 148 Å². The van der Waals surface area contributed by atoms with Crippen molar-refractivity contribution in [3.63, 3.8) is 0 Å². The molecule has 5 nitrogen and oxygen atoms in total. The molecule has 5 heteroatoms. The summed E-state index contributed by atoms with van der Waals surface area (Å²) in [5, 5.41) is 1.14. The molecule has 132 valence electrons. The number of fused-ring (bicyclic) bond motifs is 1. The second-order valence-electron chi connectivity index (χ2n) is 6.91. The summed E-state index contributed by atoms with van der Waals surface area (Å²) in [5.41, 5.74) is 5.18. The Morgan fingerprint density at radius 1 is 1.28 bits per heavy atom. The van der Waals surface area contributed by atoms with Crippen LogP contribution in [0.15, 0.2) is 24.5 Å². The molecule has 0 bridgehead atoms. The van der Waals surface area contributed by atoms with Gasteiger partial charge in [0.2, 0.25) is 0 Å². The number of hydrogen-bond donors (Lipinski definition) is 1. The minimum atomic E-state index is 0.0468. The quantitative estimate of drug-likeness (QED) is 0.774. The first-order valence-electron chi connectivity index (χ1n) is 8.69. The molecule has 0 spiro atoms. The van der Waals surface area contributed by atoms with Gasteiger partial charge in [0.25, 0.3) is 5.91 Å². The van der Waals surface area contributed by atoms with Crippen LogP contribution >= 0.6 is 0 Å². The Kier molecular flexibility index (Phi) is 4.66. The van der Waals surface area contributed by atoms with Crippen LogP contribution in [0.25, 0.3) is 10.9 Å². The SMILES string of the molecule is Cc1cc(C)c2[nH]c(C(=O)N(C)CCCc3nccn3C)c(C)c2c1. The van der Waals surface area contributed by atoms with Crippen LogP contribution in [0.1, 0.15) is 39.4 Å². The summed E-state index contributed by atoms with van der Waals surface area (Å²) in [6.45, 7) is 6.89. The van der Waals surface area contributed by atoms with Crippen molar-refractivity contribution in [1.29, 1.82) is 0 Å². The van der Waals surface area contributed by atoms with Gasteiger partial charge >= 0.3 is 0 Å². The molecular formula is C20H26N4O. The fourth-order valence-electron chi connectivity index (χ4n) is 3.40. The molecule has 2 heterocycles. The summed E-state index contributed by atoms with van der Waals surface area (Å²) in [4.78, 5) is 22.3. The third-order valence-electron chi connectivity index (χ3n) is 4.88. The lowest BCUT2D eigenvalue weighted by atomic mass is 10.1. The topological polar surface area (TPSA) is 53.9 Å². The normalized spacial score (nSPS) is 11.2. The van der Waals surface area contributed by atoms with Crippen molar-refractivity contribution in [3.8, 4) is 0 Å². The molecule has 0 saturated heterocycles. The van der Waals surface area contributed by atoms with Crippen LogP contribution < -0.4 is 0 Å². The van der Waals surface area contributed by atoms with E-state index < -0.39 is 0 Å². The maximum atomic E-state index is 12.9. The predicted octanol–water partition coefficient (Wildman–Crippen LogP) is 3.53. The molecule has 1 amide bonds. The van der Waals surface area contributed by atoms with Gasteiger partial charge in [-0.3, -0.25) is 4.79 Å². The molecule has 3 rings (SSSR count). The second-order valence-corrected chi connectivity index (χ2v) is 6.91. The first-order chi connectivity index (χ1) is 11.9. The monoisotopic (exact) mass is 338 g/mol. The third-order valence-corrected chi connectivity index (χ3v) is 4.88. The maximum Gasteiger partial charge on any atom is 0.270 e. The van der Waals surface area contributed by atoms with E-state index in [9.17, 15) is 4.79 Å². The number of amides is 1. The molecule has 0 unspecified atom stereocenters. The lowest BCUT2D eigenvalue weighted by Gasteiger charge is -2.16. The standard InChI is InChI=1S/C20H26N4O/c1-13-11-14(2)18-16(12-13)15(3)19(22-18)20(25)24(5)9-6-7-17-21-8-10-23(17)4/h8,10-12,22H,6-7,9H2,1-5H3. The Bertz CT molecular complexity index is 919. The Morgan fingerprint density at radius 3 is 2.72 bits per heavy atom. The average molecular weight is 338 g/mol. The van der Waals surface area contributed by atoms with Crippen molar-refractivity contribution >= 4 is 16.8 Å². The highest BCUT2D eigenvalue weighted by Gasteiger charge is 2.19. The summed E-state index contributed by atoms with van der Waals surface area (Å²) in [5.74, 6) is 1.10. The maximum absolute atomic E-state index is 12.9. The van der Waals surface area contributed by atoms with Crippen molar-refractivity contribution in [1.82, 2.24) is 19.4 Å². The zero-order chi connectivity index (χ0) is 18.1. The number of benzene rings is 1. The zero-order valence-electron chi connectivity index (χ0n) is 15.7. The van der Waals surface area contributed by atoms with Crippen LogP contribution in [0, 0.1) is 20.8 Å². The zero-order valence-corrected chi connectivity index (χ0v) is 15.7. The minimum absolute atomic E-state index is 0.0468. The highest BCUT2D eigenvalue weighted by Crippen LogP contribution is 2.26. The van der Waals surface area contributed by atoms with Crippen molar-refractivity contribution in [2.75, 3.05) is 13.6 Å². The molecular weight excluding hydrogens is 312 g/mol. The van der Waals surface area contributed by atoms with Crippen molar-refractivity contribution in [3.05, 3.63) is 52.7 Å². The van der Waals surface area contributed by atoms with E-state index in [1.54, 1.807) is 4.90 Å². The van der Waals surface area contributed by atoms with Crippen molar-refractivity contribution in [2.45, 2.75) is 33.6 Å². The molecule has 0 saturated carbocycles. The first-order valence-corrected chi connectivity index (χ1v) is 8.69. The van der Waals surface area contributed by atoms with Gasteiger partial charge in [-0.1, -0.05) is 11.6 Å². The molecule has 0 atom stereocenters. The number of nitrogens with one attached hydrogen (secondary N) is 1. The number of aryl methyl sites for hydroxylation is 5. The highest BCUT2D eigenvalue weighted by molar-refractivity contribution is 6.01. The van der Waals surface area contributed by atoms with Crippen LogP contribution in [0.4, 0.5) is 0 Å². The number of carbonyl (C=O) groups excluding carboxylic acids is 1. The number of H-pyrrole nitrogens is 1. The highest BCUT2D eigenvalue weighted by atomic mass is 16.2. The molecule has 0 fully saturated rings. The fourth-order valence-corrected chi connectivity index (χ4v) is 3.40. The van der Waals surface area contributed by atoms with E-state index in [-0.39, 0.29) is 5.91 Å². The largest absolute Gasteiger partial charge is 0.350 e. The van der Waals surface area contributed by atoms with E-state index in [4.69, 9.17) is 0 Å². The van der Waals surface area contributed by atoms with Gasteiger partial charge in [-0.25, -0.2) is 4.98 Å². The number of aromatic nitrogens is 3. The van der Waals surface area contributed by atoms with Crippen LogP contribution in [0.2, 0.25) is 0 Å². The summed E-state index contributed by atoms with van der Waals surface area (Å²) in [6, 6.07) is 4.29. The molecule has 0 aliphatic rings. The second kappa shape index (κ2) is 6.75. The summed E-state index contributed by atoms with van der Waals surface area (Å²) in [6.07, 6.45) is 5.51. The van der Waals surface area contributed by atoms with Gasteiger partial charge in [0, 0.05) is 50.4 Å². The van der Waals surface area contributed by atoms with Crippen molar-refractivity contribution in [2.24, 2.45) is 7.05 Å². The Balaban J connectivity index is 1.74. The smallest absolute Gasteiger partial charge is 0.270 e. The molecule has 1 N–H and O–H groups in total. The molecule has 1 aromatic carbocycles. The van der Waals surface area contributed by atoms with Gasteiger partial charge in [-0.05, 0) is 44.4 Å². The summed E-state index contributed by atoms with van der Waals surface area (Å²) >= 11 is 0. The van der Waals surface area contributed by atoms with Crippen molar-refractivity contribution < 1.29 is 4.79 Å². The lowest BCUT2D eigenvalue weighted by Crippen LogP contribution is -2.29. The summed E-state index contributed by atoms with van der Waals surface area (Å²) in [7, 11) is 3.86. The van der Waals surface area contributed by atoms with Crippen LogP contribution in [0.3, 0.4) is 0 Å². The average Bonchev–Trinajstić information content (AvgIpc) is 3.11. The number of carbonyl (C=O) groups is 1. The van der Waals surface area contributed by atoms with E-state index in [2.05, 4.69) is 35.9 Å². The van der Waals surface area contributed by atoms with Gasteiger partial charge in [0.15, 0.2) is 0 Å². The van der Waals surface area contributed by atoms with Gasteiger partial charge in [0.05, 0.1) is 0 Å². The van der Waals surface area contributed by atoms with E-state index in [0.29, 0.717) is 12.2 Å². The van der Waals surface area contributed by atoms with Crippen LogP contribution in [-0.2, 0) is 13.5 Å². The molecule has 0 aliphatic heterocycles. The van der Waals surface area contributed by atoms with E-state index in [1.807, 2.05) is 38.0 Å². The van der Waals surface area contributed by atoms with Crippen LogP contribution in [-0.4, -0.2) is 38.9 Å². The Hall–Kier alpha value is -2.56. The molecule has 25 heavy (non-hydrogen) atoms. The first kappa shape index (κ1) is 17.3. The van der Waals surface area contributed by atoms with Gasteiger partial charge in [0.1, 0.15) is 11.5 Å². The lowest BCUT2D eigenvalue weighted by molar-refractivity contribution is 0.0788. The summed E-state index contributed by atoms with van der Waals surface area (Å²) < 4.78 is 2.02. The number of nitrogens with zero attached hydrogens (tertiary/aromatic N) is 3. The minimum Gasteiger partial charge on any atom is -0.350 e.